The van der Waals surface area contributed by atoms with Crippen molar-refractivity contribution in [1.82, 2.24) is 9.88 Å². The third-order valence-electron chi connectivity index (χ3n) is 3.60. The number of piperidine rings is 1. The molecule has 0 aliphatic carbocycles. The number of halogens is 2. The Balaban J connectivity index is 0.00000176. The number of carbonyl (C=O) groups excluding carboxylic acids is 1. The van der Waals surface area contributed by atoms with Crippen molar-refractivity contribution >= 4 is 52.6 Å². The lowest BCUT2D eigenvalue weighted by atomic mass is 10.1. The van der Waals surface area contributed by atoms with Gasteiger partial charge >= 0.3 is 0 Å². The largest absolute Gasteiger partial charge is 0.338 e. The number of nitrogens with zero attached hydrogens (tertiary/aromatic N) is 2. The highest BCUT2D eigenvalue weighted by Crippen LogP contribution is 2.35. The van der Waals surface area contributed by atoms with Gasteiger partial charge in [0.1, 0.15) is 9.88 Å². The minimum absolute atomic E-state index is 0. The molecular formula is C14H17Cl2N3OS2. The summed E-state index contributed by atoms with van der Waals surface area (Å²) in [6, 6.07) is 4.02. The van der Waals surface area contributed by atoms with Crippen LogP contribution in [0.3, 0.4) is 0 Å². The first kappa shape index (κ1) is 17.7. The molecule has 3 heterocycles. The van der Waals surface area contributed by atoms with Gasteiger partial charge in [0.2, 0.25) is 0 Å². The van der Waals surface area contributed by atoms with Crippen molar-refractivity contribution in [2.45, 2.75) is 25.8 Å². The monoisotopic (exact) mass is 377 g/mol. The molecule has 1 aliphatic heterocycles. The van der Waals surface area contributed by atoms with Crippen LogP contribution in [0.4, 0.5) is 0 Å². The summed E-state index contributed by atoms with van der Waals surface area (Å²) >= 11 is 8.89. The van der Waals surface area contributed by atoms with Crippen LogP contribution < -0.4 is 5.73 Å². The molecule has 120 valence electrons. The molecule has 22 heavy (non-hydrogen) atoms. The smallest absolute Gasteiger partial charge is 0.265 e. The number of hydrogen-bond acceptors (Lipinski definition) is 5. The van der Waals surface area contributed by atoms with Crippen molar-refractivity contribution in [3.05, 3.63) is 27.0 Å². The first-order chi connectivity index (χ1) is 10.0. The molecule has 0 saturated carbocycles. The molecule has 0 radical (unpaired) electrons. The summed E-state index contributed by atoms with van der Waals surface area (Å²) in [5.41, 5.74) is 6.68. The molecule has 0 spiro atoms. The third-order valence-corrected chi connectivity index (χ3v) is 6.15. The van der Waals surface area contributed by atoms with Gasteiger partial charge in [0, 0.05) is 19.1 Å². The number of likely N-dealkylation sites (tertiary alicyclic amines) is 1. The Labute approximate surface area is 148 Å². The normalized spacial score (nSPS) is 15.7. The molecule has 3 rings (SSSR count). The molecule has 0 atom stereocenters. The van der Waals surface area contributed by atoms with E-state index in [4.69, 9.17) is 17.3 Å². The Kier molecular flexibility index (Phi) is 5.85. The molecule has 1 amide bonds. The zero-order chi connectivity index (χ0) is 15.0. The summed E-state index contributed by atoms with van der Waals surface area (Å²) in [5.74, 6) is 0.0748. The van der Waals surface area contributed by atoms with Crippen LogP contribution in [0.2, 0.25) is 4.34 Å². The van der Waals surface area contributed by atoms with Gasteiger partial charge in [-0.05, 0) is 31.9 Å². The molecule has 2 aromatic heterocycles. The van der Waals surface area contributed by atoms with Crippen molar-refractivity contribution in [3.63, 3.8) is 0 Å². The van der Waals surface area contributed by atoms with Gasteiger partial charge in [-0.15, -0.1) is 35.1 Å². The number of hydrogen-bond donors (Lipinski definition) is 1. The fourth-order valence-corrected chi connectivity index (χ4v) is 4.51. The lowest BCUT2D eigenvalue weighted by Crippen LogP contribution is -2.42. The van der Waals surface area contributed by atoms with Crippen molar-refractivity contribution in [2.75, 3.05) is 13.1 Å². The van der Waals surface area contributed by atoms with Gasteiger partial charge in [-0.2, -0.15) is 0 Å². The Morgan fingerprint density at radius 1 is 1.36 bits per heavy atom. The molecule has 0 aromatic carbocycles. The van der Waals surface area contributed by atoms with Crippen LogP contribution in [-0.2, 0) is 0 Å². The molecule has 1 aliphatic rings. The van der Waals surface area contributed by atoms with Crippen LogP contribution in [0, 0.1) is 6.92 Å². The van der Waals surface area contributed by atoms with Gasteiger partial charge in [0.25, 0.3) is 5.91 Å². The minimum Gasteiger partial charge on any atom is -0.338 e. The van der Waals surface area contributed by atoms with E-state index in [2.05, 4.69) is 4.98 Å². The Morgan fingerprint density at radius 2 is 2.05 bits per heavy atom. The molecule has 2 aromatic rings. The van der Waals surface area contributed by atoms with E-state index in [1.54, 1.807) is 0 Å². The second-order valence-corrected chi connectivity index (χ2v) is 7.88. The van der Waals surface area contributed by atoms with Crippen molar-refractivity contribution < 1.29 is 4.79 Å². The van der Waals surface area contributed by atoms with E-state index < -0.39 is 0 Å². The Hall–Kier alpha value is -0.660. The van der Waals surface area contributed by atoms with Crippen LogP contribution in [-0.4, -0.2) is 34.9 Å². The number of carbonyl (C=O) groups is 1. The maximum Gasteiger partial charge on any atom is 0.265 e. The average molecular weight is 378 g/mol. The molecule has 1 saturated heterocycles. The Bertz CT molecular complexity index is 663. The van der Waals surface area contributed by atoms with Gasteiger partial charge in [-0.1, -0.05) is 11.6 Å². The minimum atomic E-state index is 0. The van der Waals surface area contributed by atoms with Crippen LogP contribution in [0.15, 0.2) is 12.1 Å². The highest BCUT2D eigenvalue weighted by molar-refractivity contribution is 7.24. The quantitative estimate of drug-likeness (QED) is 0.864. The Morgan fingerprint density at radius 3 is 2.64 bits per heavy atom. The zero-order valence-electron chi connectivity index (χ0n) is 12.0. The van der Waals surface area contributed by atoms with Crippen LogP contribution in [0.25, 0.3) is 9.88 Å². The average Bonchev–Trinajstić information content (AvgIpc) is 3.05. The number of amides is 1. The summed E-state index contributed by atoms with van der Waals surface area (Å²) in [4.78, 5) is 20.8. The predicted octanol–water partition coefficient (Wildman–Crippen LogP) is 3.82. The summed E-state index contributed by atoms with van der Waals surface area (Å²) in [6.45, 7) is 3.35. The fraction of sp³-hybridized carbons (Fsp3) is 0.429. The molecular weight excluding hydrogens is 361 g/mol. The van der Waals surface area contributed by atoms with E-state index in [9.17, 15) is 4.79 Å². The molecule has 1 fully saturated rings. The van der Waals surface area contributed by atoms with Crippen LogP contribution >= 0.6 is 46.7 Å². The third kappa shape index (κ3) is 3.63. The van der Waals surface area contributed by atoms with Gasteiger partial charge in [-0.25, -0.2) is 4.98 Å². The molecule has 2 N–H and O–H groups in total. The van der Waals surface area contributed by atoms with E-state index in [1.807, 2.05) is 24.0 Å². The van der Waals surface area contributed by atoms with E-state index in [0.717, 1.165) is 50.7 Å². The van der Waals surface area contributed by atoms with Crippen molar-refractivity contribution in [1.29, 1.82) is 0 Å². The number of rotatable bonds is 2. The second-order valence-electron chi connectivity index (χ2n) is 5.17. The van der Waals surface area contributed by atoms with E-state index >= 15 is 0 Å². The van der Waals surface area contributed by atoms with E-state index in [0.29, 0.717) is 0 Å². The number of thiazole rings is 1. The summed E-state index contributed by atoms with van der Waals surface area (Å²) in [5, 5.41) is 0.862. The number of nitrogens with two attached hydrogens (primary N) is 1. The zero-order valence-corrected chi connectivity index (χ0v) is 15.2. The number of thiophene rings is 1. The predicted molar refractivity (Wildman–Crippen MR) is 95.5 cm³/mol. The standard InChI is InChI=1S/C14H16ClN3OS2.ClH/c1-8-12(14(19)18-6-4-9(16)5-7-18)21-13(17-8)10-2-3-11(15)20-10;/h2-3,9H,4-7,16H2,1H3;1H. The fourth-order valence-electron chi connectivity index (χ4n) is 2.38. The van der Waals surface area contributed by atoms with Crippen LogP contribution in [0.1, 0.15) is 28.2 Å². The topological polar surface area (TPSA) is 59.2 Å². The second kappa shape index (κ2) is 7.27. The van der Waals surface area contributed by atoms with E-state index in [-0.39, 0.29) is 24.4 Å². The maximum atomic E-state index is 12.6. The number of aromatic nitrogens is 1. The van der Waals surface area contributed by atoms with Gasteiger partial charge in [0.05, 0.1) is 14.9 Å². The maximum absolute atomic E-state index is 12.6. The lowest BCUT2D eigenvalue weighted by molar-refractivity contribution is 0.0718. The highest BCUT2D eigenvalue weighted by Gasteiger charge is 2.25. The summed E-state index contributed by atoms with van der Waals surface area (Å²) in [7, 11) is 0. The molecule has 4 nitrogen and oxygen atoms in total. The first-order valence-corrected chi connectivity index (χ1v) is 8.83. The first-order valence-electron chi connectivity index (χ1n) is 6.82. The lowest BCUT2D eigenvalue weighted by Gasteiger charge is -2.29. The summed E-state index contributed by atoms with van der Waals surface area (Å²) < 4.78 is 0.732. The SMILES string of the molecule is Cc1nc(-c2ccc(Cl)s2)sc1C(=O)N1CCC(N)CC1.Cl. The highest BCUT2D eigenvalue weighted by atomic mass is 35.5. The van der Waals surface area contributed by atoms with Gasteiger partial charge in [0.15, 0.2) is 0 Å². The van der Waals surface area contributed by atoms with Gasteiger partial charge < -0.3 is 10.6 Å². The number of aryl methyl sites for hydroxylation is 1. The van der Waals surface area contributed by atoms with Gasteiger partial charge in [-0.3, -0.25) is 4.79 Å². The van der Waals surface area contributed by atoms with Crippen molar-refractivity contribution in [2.24, 2.45) is 5.73 Å². The molecule has 0 unspecified atom stereocenters. The molecule has 0 bridgehead atoms. The summed E-state index contributed by atoms with van der Waals surface area (Å²) in [6.07, 6.45) is 1.74. The van der Waals surface area contributed by atoms with Crippen molar-refractivity contribution in [3.8, 4) is 9.88 Å². The van der Waals surface area contributed by atoms with E-state index in [1.165, 1.54) is 22.7 Å². The molecule has 8 heteroatoms. The van der Waals surface area contributed by atoms with Crippen LogP contribution in [0.5, 0.6) is 0 Å².